The molecule has 0 atom stereocenters. The van der Waals surface area contributed by atoms with Gasteiger partial charge in [0.1, 0.15) is 11.4 Å². The van der Waals surface area contributed by atoms with Crippen molar-refractivity contribution in [3.8, 4) is 5.75 Å². The second kappa shape index (κ2) is 7.65. The Kier molecular flexibility index (Phi) is 5.52. The molecule has 1 fully saturated rings. The van der Waals surface area contributed by atoms with Gasteiger partial charge in [0, 0.05) is 30.3 Å². The third-order valence-corrected chi connectivity index (χ3v) is 5.87. The first kappa shape index (κ1) is 18.1. The lowest BCUT2D eigenvalue weighted by atomic mass is 10.0. The average molecular weight is 359 g/mol. The number of anilines is 1. The maximum atomic E-state index is 5.50. The highest BCUT2D eigenvalue weighted by atomic mass is 32.2. The van der Waals surface area contributed by atoms with Gasteiger partial charge in [-0.3, -0.25) is 0 Å². The van der Waals surface area contributed by atoms with Crippen LogP contribution in [0.1, 0.15) is 35.2 Å². The van der Waals surface area contributed by atoms with Crippen LogP contribution in [0.2, 0.25) is 0 Å². The predicted molar refractivity (Wildman–Crippen MR) is 104 cm³/mol. The molecule has 5 heteroatoms. The Morgan fingerprint density at radius 1 is 1.20 bits per heavy atom. The standard InChI is InChI=1S/C20H28N3OS/c1-14-8-9-19(24-4)15(2)17(14)13-23-20(25-5)12-18(16(3)21-23)22-10-6-7-11-22/h8-9,12H,6-7,10-11,13H2,1-5H3/q+1. The Morgan fingerprint density at radius 3 is 2.56 bits per heavy atom. The van der Waals surface area contributed by atoms with Crippen LogP contribution in [0.4, 0.5) is 5.69 Å². The first-order valence-corrected chi connectivity index (χ1v) is 10.1. The molecule has 1 aromatic carbocycles. The van der Waals surface area contributed by atoms with Crippen LogP contribution < -0.4 is 14.3 Å². The van der Waals surface area contributed by atoms with E-state index in [1.807, 2.05) is 6.07 Å². The van der Waals surface area contributed by atoms with Crippen molar-refractivity contribution < 1.29 is 9.42 Å². The molecule has 0 unspecified atom stereocenters. The van der Waals surface area contributed by atoms with Gasteiger partial charge in [0.25, 0.3) is 5.03 Å². The minimum absolute atomic E-state index is 0.770. The van der Waals surface area contributed by atoms with Crippen LogP contribution in [0.5, 0.6) is 5.75 Å². The van der Waals surface area contributed by atoms with Gasteiger partial charge in [-0.15, -0.1) is 0 Å². The minimum Gasteiger partial charge on any atom is -0.496 e. The molecule has 1 saturated heterocycles. The number of nitrogens with zero attached hydrogens (tertiary/aromatic N) is 3. The quantitative estimate of drug-likeness (QED) is 0.602. The zero-order valence-corrected chi connectivity index (χ0v) is 16.7. The molecule has 1 aliphatic heterocycles. The van der Waals surface area contributed by atoms with Gasteiger partial charge in [-0.05, 0) is 56.6 Å². The number of rotatable bonds is 5. The summed E-state index contributed by atoms with van der Waals surface area (Å²) in [5.74, 6) is 0.942. The summed E-state index contributed by atoms with van der Waals surface area (Å²) < 4.78 is 7.64. The number of aromatic nitrogens is 2. The third-order valence-electron chi connectivity index (χ3n) is 5.12. The maximum absolute atomic E-state index is 5.50. The Bertz CT molecular complexity index is 770. The van der Waals surface area contributed by atoms with Crippen molar-refractivity contribution in [3.63, 3.8) is 0 Å². The zero-order chi connectivity index (χ0) is 18.0. The largest absolute Gasteiger partial charge is 0.496 e. The van der Waals surface area contributed by atoms with E-state index in [-0.39, 0.29) is 0 Å². The summed E-state index contributed by atoms with van der Waals surface area (Å²) in [5, 5.41) is 6.14. The lowest BCUT2D eigenvalue weighted by Gasteiger charge is -2.19. The molecular weight excluding hydrogens is 330 g/mol. The lowest BCUT2D eigenvalue weighted by molar-refractivity contribution is -0.780. The van der Waals surface area contributed by atoms with E-state index in [9.17, 15) is 0 Å². The van der Waals surface area contributed by atoms with E-state index in [2.05, 4.69) is 48.7 Å². The Balaban J connectivity index is 1.99. The summed E-state index contributed by atoms with van der Waals surface area (Å²) in [4.78, 5) is 2.47. The van der Waals surface area contributed by atoms with Gasteiger partial charge in [-0.1, -0.05) is 22.5 Å². The first-order valence-electron chi connectivity index (χ1n) is 8.89. The van der Waals surface area contributed by atoms with Crippen LogP contribution in [0.25, 0.3) is 0 Å². The van der Waals surface area contributed by atoms with E-state index in [4.69, 9.17) is 9.84 Å². The number of methoxy groups -OCH3 is 1. The molecular formula is C20H28N3OS+. The highest BCUT2D eigenvalue weighted by molar-refractivity contribution is 7.98. The number of ether oxygens (including phenoxy) is 1. The molecule has 0 bridgehead atoms. The average Bonchev–Trinajstić information content (AvgIpc) is 3.13. The van der Waals surface area contributed by atoms with E-state index < -0.39 is 0 Å². The summed E-state index contributed by atoms with van der Waals surface area (Å²) in [7, 11) is 1.73. The Hall–Kier alpha value is -1.75. The molecule has 0 N–H and O–H groups in total. The van der Waals surface area contributed by atoms with Gasteiger partial charge in [0.05, 0.1) is 12.8 Å². The number of aryl methyl sites for hydroxylation is 2. The Morgan fingerprint density at radius 2 is 1.92 bits per heavy atom. The van der Waals surface area contributed by atoms with Crippen LogP contribution >= 0.6 is 11.8 Å². The monoisotopic (exact) mass is 358 g/mol. The molecule has 1 aliphatic rings. The fourth-order valence-electron chi connectivity index (χ4n) is 3.62. The molecule has 2 heterocycles. The van der Waals surface area contributed by atoms with Gasteiger partial charge >= 0.3 is 0 Å². The SMILES string of the molecule is COc1ccc(C)c(C[n+]2nc(C)c(N3CCCC3)cc2SC)c1C. The summed E-state index contributed by atoms with van der Waals surface area (Å²) in [5.41, 5.74) is 6.17. The second-order valence-corrected chi connectivity index (χ2v) is 7.52. The molecule has 0 radical (unpaired) electrons. The Labute approximate surface area is 155 Å². The molecule has 0 spiro atoms. The van der Waals surface area contributed by atoms with Gasteiger partial charge in [-0.2, -0.15) is 0 Å². The molecule has 2 aromatic rings. The molecule has 1 aromatic heterocycles. The van der Waals surface area contributed by atoms with Gasteiger partial charge in [-0.25, -0.2) is 0 Å². The number of hydrogen-bond donors (Lipinski definition) is 0. The van der Waals surface area contributed by atoms with Crippen LogP contribution in [-0.2, 0) is 6.54 Å². The molecule has 25 heavy (non-hydrogen) atoms. The fourth-order valence-corrected chi connectivity index (χ4v) is 4.16. The fraction of sp³-hybridized carbons (Fsp3) is 0.500. The lowest BCUT2D eigenvalue weighted by Crippen LogP contribution is -2.43. The third kappa shape index (κ3) is 3.61. The molecule has 0 saturated carbocycles. The second-order valence-electron chi connectivity index (χ2n) is 6.70. The summed E-state index contributed by atoms with van der Waals surface area (Å²) in [6, 6.07) is 6.48. The van der Waals surface area contributed by atoms with Crippen LogP contribution in [0.3, 0.4) is 0 Å². The topological polar surface area (TPSA) is 29.2 Å². The van der Waals surface area contributed by atoms with E-state index in [1.165, 1.54) is 40.2 Å². The predicted octanol–water partition coefficient (Wildman–Crippen LogP) is 3.67. The highest BCUT2D eigenvalue weighted by Gasteiger charge is 2.23. The zero-order valence-electron chi connectivity index (χ0n) is 15.9. The molecule has 4 nitrogen and oxygen atoms in total. The molecule has 0 amide bonds. The molecule has 0 aliphatic carbocycles. The van der Waals surface area contributed by atoms with E-state index >= 15 is 0 Å². The minimum atomic E-state index is 0.770. The first-order chi connectivity index (χ1) is 12.0. The van der Waals surface area contributed by atoms with Gasteiger partial charge < -0.3 is 9.64 Å². The van der Waals surface area contributed by atoms with Crippen LogP contribution in [0.15, 0.2) is 23.2 Å². The van der Waals surface area contributed by atoms with E-state index in [0.717, 1.165) is 31.1 Å². The van der Waals surface area contributed by atoms with Crippen molar-refractivity contribution in [2.45, 2.75) is 45.2 Å². The van der Waals surface area contributed by atoms with Gasteiger partial charge in [0.2, 0.25) is 6.54 Å². The summed E-state index contributed by atoms with van der Waals surface area (Å²) in [6.07, 6.45) is 4.69. The van der Waals surface area contributed by atoms with Crippen molar-refractivity contribution >= 4 is 17.4 Å². The van der Waals surface area contributed by atoms with Crippen LogP contribution in [0, 0.1) is 20.8 Å². The van der Waals surface area contributed by atoms with E-state index in [1.54, 1.807) is 18.9 Å². The summed E-state index contributed by atoms with van der Waals surface area (Å²) in [6.45, 7) is 9.48. The van der Waals surface area contributed by atoms with E-state index in [0.29, 0.717) is 0 Å². The van der Waals surface area contributed by atoms with Crippen molar-refractivity contribution in [2.75, 3.05) is 31.4 Å². The maximum Gasteiger partial charge on any atom is 0.268 e. The van der Waals surface area contributed by atoms with Crippen LogP contribution in [-0.4, -0.2) is 31.6 Å². The smallest absolute Gasteiger partial charge is 0.268 e. The number of hydrogen-bond acceptors (Lipinski definition) is 4. The number of thioether (sulfide) groups is 1. The summed E-state index contributed by atoms with van der Waals surface area (Å²) >= 11 is 1.76. The van der Waals surface area contributed by atoms with Crippen molar-refractivity contribution in [1.82, 2.24) is 5.10 Å². The van der Waals surface area contributed by atoms with Gasteiger partial charge in [0.15, 0.2) is 0 Å². The highest BCUT2D eigenvalue weighted by Crippen LogP contribution is 2.27. The molecule has 134 valence electrons. The van der Waals surface area contributed by atoms with Crippen molar-refractivity contribution in [3.05, 3.63) is 40.6 Å². The normalized spacial score (nSPS) is 14.2. The van der Waals surface area contributed by atoms with Crippen molar-refractivity contribution in [2.24, 2.45) is 0 Å². The number of benzene rings is 1. The molecule has 3 rings (SSSR count). The van der Waals surface area contributed by atoms with Crippen molar-refractivity contribution in [1.29, 1.82) is 0 Å².